The number of ketones is 1. The van der Waals surface area contributed by atoms with E-state index in [4.69, 9.17) is 9.47 Å². The molecule has 0 bridgehead atoms. The van der Waals surface area contributed by atoms with Crippen LogP contribution in [0.2, 0.25) is 0 Å². The molecule has 0 saturated heterocycles. The van der Waals surface area contributed by atoms with E-state index in [1.165, 1.54) is 6.92 Å². The lowest BCUT2D eigenvalue weighted by Gasteiger charge is -2.24. The van der Waals surface area contributed by atoms with Crippen molar-refractivity contribution in [1.29, 1.82) is 0 Å². The third kappa shape index (κ3) is 5.31. The van der Waals surface area contributed by atoms with Gasteiger partial charge in [0.25, 0.3) is 0 Å². The third-order valence-corrected chi connectivity index (χ3v) is 2.78. The zero-order chi connectivity index (χ0) is 13.6. The summed E-state index contributed by atoms with van der Waals surface area (Å²) in [6, 6.07) is 0. The summed E-state index contributed by atoms with van der Waals surface area (Å²) < 4.78 is 10.3. The van der Waals surface area contributed by atoms with Gasteiger partial charge in [0.1, 0.15) is 5.78 Å². The normalized spacial score (nSPS) is 16.4. The fourth-order valence-electron chi connectivity index (χ4n) is 2.09. The summed E-state index contributed by atoms with van der Waals surface area (Å²) in [5, 5.41) is 0. The Morgan fingerprint density at radius 2 is 1.65 bits per heavy atom. The van der Waals surface area contributed by atoms with Gasteiger partial charge < -0.3 is 9.47 Å². The van der Waals surface area contributed by atoms with Gasteiger partial charge in [0.05, 0.1) is 5.92 Å². The highest BCUT2D eigenvalue weighted by Crippen LogP contribution is 2.23. The summed E-state index contributed by atoms with van der Waals surface area (Å²) in [6.07, 6.45) is -0.560. The van der Waals surface area contributed by atoms with Crippen LogP contribution in [0.1, 0.15) is 41.5 Å². The van der Waals surface area contributed by atoms with E-state index in [1.807, 2.05) is 20.8 Å². The molecule has 100 valence electrons. The van der Waals surface area contributed by atoms with Crippen LogP contribution >= 0.6 is 0 Å². The molecule has 0 heterocycles. The van der Waals surface area contributed by atoms with Crippen LogP contribution in [0.4, 0.5) is 0 Å². The predicted molar refractivity (Wildman–Crippen MR) is 65.4 cm³/mol. The number of Topliss-reactive ketones (excluding diaryl/α,β-unsaturated/α-hetero) is 1. The Morgan fingerprint density at radius 1 is 1.12 bits per heavy atom. The second-order valence-corrected chi connectivity index (χ2v) is 4.63. The van der Waals surface area contributed by atoms with Crippen LogP contribution in [0.3, 0.4) is 0 Å². The summed E-state index contributed by atoms with van der Waals surface area (Å²) in [5.41, 5.74) is 0. The topological polar surface area (TPSA) is 52.6 Å². The van der Waals surface area contributed by atoms with Crippen LogP contribution < -0.4 is 0 Å². The van der Waals surface area contributed by atoms with Crippen LogP contribution in [-0.4, -0.2) is 24.6 Å². The number of carbonyl (C=O) groups excluding carboxylic acids is 2. The Balaban J connectivity index is 4.51. The quantitative estimate of drug-likeness (QED) is 0.510. The minimum absolute atomic E-state index is 0.0218. The lowest BCUT2D eigenvalue weighted by molar-refractivity contribution is -0.181. The summed E-state index contributed by atoms with van der Waals surface area (Å²) in [5.74, 6) is -0.961. The lowest BCUT2D eigenvalue weighted by Crippen LogP contribution is -2.33. The molecule has 0 aliphatic rings. The molecular weight excluding hydrogens is 220 g/mol. The summed E-state index contributed by atoms with van der Waals surface area (Å²) in [4.78, 5) is 23.3. The van der Waals surface area contributed by atoms with Gasteiger partial charge in [-0.3, -0.25) is 9.59 Å². The van der Waals surface area contributed by atoms with Crippen molar-refractivity contribution in [3.63, 3.8) is 0 Å². The average molecular weight is 244 g/mol. The zero-order valence-electron chi connectivity index (χ0n) is 11.6. The van der Waals surface area contributed by atoms with Crippen molar-refractivity contribution in [2.45, 2.75) is 47.8 Å². The number of ether oxygens (including phenoxy) is 2. The fraction of sp³-hybridized carbons (Fsp3) is 0.846. The number of rotatable bonds is 7. The Kier molecular flexibility index (Phi) is 7.04. The van der Waals surface area contributed by atoms with Crippen LogP contribution in [0.5, 0.6) is 0 Å². The highest BCUT2D eigenvalue weighted by atomic mass is 16.7. The first-order chi connectivity index (χ1) is 7.81. The van der Waals surface area contributed by atoms with E-state index < -0.39 is 12.2 Å². The largest absolute Gasteiger partial charge is 0.436 e. The van der Waals surface area contributed by atoms with E-state index in [2.05, 4.69) is 0 Å². The van der Waals surface area contributed by atoms with E-state index >= 15 is 0 Å². The van der Waals surface area contributed by atoms with Gasteiger partial charge in [0.2, 0.25) is 0 Å². The first-order valence-electron chi connectivity index (χ1n) is 6.13. The highest BCUT2D eigenvalue weighted by Gasteiger charge is 2.32. The predicted octanol–water partition coefficient (Wildman–Crippen LogP) is 2.41. The van der Waals surface area contributed by atoms with E-state index in [9.17, 15) is 9.59 Å². The Bertz CT molecular complexity index is 260. The maximum Gasteiger partial charge on any atom is 0.311 e. The Hall–Kier alpha value is -0.900. The van der Waals surface area contributed by atoms with Crippen molar-refractivity contribution in [2.75, 3.05) is 6.61 Å². The molecule has 0 aromatic carbocycles. The molecule has 0 aliphatic heterocycles. The lowest BCUT2D eigenvalue weighted by atomic mass is 9.82. The molecular formula is C13H24O4. The molecule has 0 rings (SSSR count). The minimum Gasteiger partial charge on any atom is -0.436 e. The van der Waals surface area contributed by atoms with Gasteiger partial charge in [0, 0.05) is 12.5 Å². The van der Waals surface area contributed by atoms with E-state index in [0.29, 0.717) is 6.61 Å². The zero-order valence-corrected chi connectivity index (χ0v) is 11.6. The summed E-state index contributed by atoms with van der Waals surface area (Å²) >= 11 is 0. The molecule has 3 atom stereocenters. The summed E-state index contributed by atoms with van der Waals surface area (Å²) in [7, 11) is 0. The van der Waals surface area contributed by atoms with Gasteiger partial charge in [-0.05, 0) is 26.7 Å². The van der Waals surface area contributed by atoms with Crippen molar-refractivity contribution in [3.8, 4) is 0 Å². The molecule has 0 N–H and O–H groups in total. The standard InChI is InChI=1S/C13H24O4/c1-7-16-11(6)17-13(15)9(4)12(8(2)3)10(5)14/h8-9,11-12H,7H2,1-6H3. The molecule has 0 aliphatic carbocycles. The molecule has 17 heavy (non-hydrogen) atoms. The maximum atomic E-state index is 11.8. The molecule has 0 saturated carbocycles. The number of hydrogen-bond acceptors (Lipinski definition) is 4. The second kappa shape index (κ2) is 7.43. The third-order valence-electron chi connectivity index (χ3n) is 2.78. The van der Waals surface area contributed by atoms with Crippen LogP contribution in [0.15, 0.2) is 0 Å². The van der Waals surface area contributed by atoms with Crippen molar-refractivity contribution in [2.24, 2.45) is 17.8 Å². The van der Waals surface area contributed by atoms with Gasteiger partial charge in [-0.2, -0.15) is 0 Å². The SMILES string of the molecule is CCOC(C)OC(=O)C(C)C(C(C)=O)C(C)C. The second-order valence-electron chi connectivity index (χ2n) is 4.63. The molecule has 0 fully saturated rings. The highest BCUT2D eigenvalue weighted by molar-refractivity contribution is 5.85. The maximum absolute atomic E-state index is 11.8. The molecule has 0 radical (unpaired) electrons. The first-order valence-corrected chi connectivity index (χ1v) is 6.13. The molecule has 0 spiro atoms. The smallest absolute Gasteiger partial charge is 0.311 e. The number of esters is 1. The monoisotopic (exact) mass is 244 g/mol. The molecule has 0 aromatic rings. The molecule has 4 heteroatoms. The Morgan fingerprint density at radius 3 is 2.00 bits per heavy atom. The minimum atomic E-state index is -0.560. The van der Waals surface area contributed by atoms with Crippen molar-refractivity contribution in [1.82, 2.24) is 0 Å². The van der Waals surface area contributed by atoms with Gasteiger partial charge in [-0.15, -0.1) is 0 Å². The molecule has 0 amide bonds. The van der Waals surface area contributed by atoms with Crippen molar-refractivity contribution in [3.05, 3.63) is 0 Å². The van der Waals surface area contributed by atoms with Crippen LogP contribution in [0.25, 0.3) is 0 Å². The van der Waals surface area contributed by atoms with Crippen molar-refractivity contribution < 1.29 is 19.1 Å². The van der Waals surface area contributed by atoms with Gasteiger partial charge in [-0.1, -0.05) is 20.8 Å². The summed E-state index contributed by atoms with van der Waals surface area (Å²) in [6.45, 7) is 11.1. The number of carbonyl (C=O) groups is 2. The van der Waals surface area contributed by atoms with Gasteiger partial charge >= 0.3 is 5.97 Å². The molecule has 3 unspecified atom stereocenters. The van der Waals surface area contributed by atoms with E-state index in [0.717, 1.165) is 0 Å². The van der Waals surface area contributed by atoms with Crippen LogP contribution in [-0.2, 0) is 19.1 Å². The van der Waals surface area contributed by atoms with Gasteiger partial charge in [0.15, 0.2) is 6.29 Å². The number of hydrogen-bond donors (Lipinski definition) is 0. The molecule has 4 nitrogen and oxygen atoms in total. The van der Waals surface area contributed by atoms with Gasteiger partial charge in [-0.25, -0.2) is 0 Å². The first kappa shape index (κ1) is 16.1. The average Bonchev–Trinajstić information content (AvgIpc) is 2.16. The van der Waals surface area contributed by atoms with Crippen LogP contribution in [0, 0.1) is 17.8 Å². The van der Waals surface area contributed by atoms with E-state index in [-0.39, 0.29) is 23.6 Å². The van der Waals surface area contributed by atoms with Crippen molar-refractivity contribution >= 4 is 11.8 Å². The Labute approximate surface area is 104 Å². The molecule has 0 aromatic heterocycles. The fourth-order valence-corrected chi connectivity index (χ4v) is 2.09. The van der Waals surface area contributed by atoms with E-state index in [1.54, 1.807) is 13.8 Å².